The molecule has 9 rings (SSSR count). The van der Waals surface area contributed by atoms with Crippen molar-refractivity contribution < 1.29 is 19.7 Å². The fourth-order valence-electron chi connectivity index (χ4n) is 9.16. The molecule has 3 aromatic heterocycles. The number of hydrogen-bond acceptors (Lipinski definition) is 9. The SMILES string of the molecule is COC(O)NC(C(C)C)C(O)N1CCCC1c1ncc(C2=CC3=C(CC2)c2cc4cc(-c5cnc(C6CCCN6)[nH]5)ccc4n2C(C2C=CC=CC2)O3)[nH]1. The van der Waals surface area contributed by atoms with Crippen LogP contribution in [0.2, 0.25) is 0 Å². The Kier molecular flexibility index (Phi) is 9.66. The molecule has 0 saturated carbocycles. The number of aromatic amines is 2. The molecule has 7 unspecified atom stereocenters. The summed E-state index contributed by atoms with van der Waals surface area (Å²) in [5, 5.41) is 29.4. The number of aromatic nitrogens is 5. The van der Waals surface area contributed by atoms with Gasteiger partial charge in [-0.15, -0.1) is 0 Å². The van der Waals surface area contributed by atoms with Crippen molar-refractivity contribution in [1.29, 1.82) is 0 Å². The van der Waals surface area contributed by atoms with Gasteiger partial charge in [0.25, 0.3) is 0 Å². The number of imidazole rings is 2. The number of aliphatic hydroxyl groups excluding tert-OH is 2. The number of likely N-dealkylation sites (tertiary alicyclic amines) is 1. The van der Waals surface area contributed by atoms with E-state index < -0.39 is 12.6 Å². The topological polar surface area (TPSA) is 149 Å². The van der Waals surface area contributed by atoms with Crippen molar-refractivity contribution in [2.45, 2.75) is 95.8 Å². The number of nitrogens with one attached hydrogen (secondary N) is 4. The van der Waals surface area contributed by atoms with Gasteiger partial charge in [0, 0.05) is 36.1 Å². The molecule has 5 aliphatic rings. The van der Waals surface area contributed by atoms with E-state index in [9.17, 15) is 10.2 Å². The first-order valence-corrected chi connectivity index (χ1v) is 19.7. The van der Waals surface area contributed by atoms with E-state index in [1.807, 2.05) is 26.2 Å². The summed E-state index contributed by atoms with van der Waals surface area (Å²) >= 11 is 0. The molecule has 6 heterocycles. The maximum absolute atomic E-state index is 11.5. The highest BCUT2D eigenvalue weighted by Crippen LogP contribution is 2.47. The number of hydrogen-bond donors (Lipinski definition) is 6. The average molecular weight is 733 g/mol. The number of benzene rings is 1. The number of allylic oxidation sites excluding steroid dienone is 6. The summed E-state index contributed by atoms with van der Waals surface area (Å²) in [6.45, 7) is 5.84. The molecule has 6 N–H and O–H groups in total. The quantitative estimate of drug-likeness (QED) is 0.0962. The van der Waals surface area contributed by atoms with Crippen molar-refractivity contribution in [3.05, 3.63) is 95.8 Å². The Balaban J connectivity index is 1.02. The second-order valence-electron chi connectivity index (χ2n) is 15.8. The van der Waals surface area contributed by atoms with Crippen LogP contribution in [0.25, 0.3) is 33.3 Å². The number of fused-ring (bicyclic) bond motifs is 4. The molecule has 2 fully saturated rings. The fourth-order valence-corrected chi connectivity index (χ4v) is 9.16. The van der Waals surface area contributed by atoms with Gasteiger partial charge in [-0.2, -0.15) is 0 Å². The Labute approximate surface area is 316 Å². The van der Waals surface area contributed by atoms with Gasteiger partial charge in [0.15, 0.2) is 6.23 Å². The third-order valence-electron chi connectivity index (χ3n) is 12.1. The first-order chi connectivity index (χ1) is 26.4. The monoisotopic (exact) mass is 732 g/mol. The lowest BCUT2D eigenvalue weighted by Crippen LogP contribution is -2.55. The standard InChI is InChI=1S/C42H52N8O4/c1-24(2)37(48-42(52)53-3)40(51)49-18-8-12-34(49)39-45-23-32(47-39)27-13-15-29-35-20-28-19-26(31-22-44-38(46-31)30-11-7-17-43-30)14-16-33(28)50(35)41(54-36(29)21-27)25-9-5-4-6-10-25/h4-6,9,14,16,19-25,30,34,37,40-43,48,51-52H,7-8,10-13,15,17-18H2,1-3H3,(H,44,46)(H,45,47). The van der Waals surface area contributed by atoms with Crippen LogP contribution in [0.1, 0.15) is 100 Å². The number of aliphatic hydroxyl groups is 2. The molecule has 0 bridgehead atoms. The Morgan fingerprint density at radius 2 is 1.85 bits per heavy atom. The summed E-state index contributed by atoms with van der Waals surface area (Å²) in [4.78, 5) is 18.9. The zero-order valence-electron chi connectivity index (χ0n) is 31.3. The van der Waals surface area contributed by atoms with Crippen LogP contribution in [0, 0.1) is 11.8 Å². The maximum Gasteiger partial charge on any atom is 0.213 e. The van der Waals surface area contributed by atoms with Crippen LogP contribution in [0.4, 0.5) is 0 Å². The number of methoxy groups -OCH3 is 1. The summed E-state index contributed by atoms with van der Waals surface area (Å²) in [7, 11) is 1.44. The maximum atomic E-state index is 11.5. The first kappa shape index (κ1) is 35.4. The average Bonchev–Trinajstić information content (AvgIpc) is 4.04. The highest BCUT2D eigenvalue weighted by atomic mass is 16.6. The van der Waals surface area contributed by atoms with E-state index in [2.05, 4.69) is 84.7 Å². The Morgan fingerprint density at radius 3 is 2.65 bits per heavy atom. The van der Waals surface area contributed by atoms with Crippen LogP contribution in [0.5, 0.6) is 0 Å². The molecule has 1 aromatic carbocycles. The lowest BCUT2D eigenvalue weighted by molar-refractivity contribution is -0.132. The van der Waals surface area contributed by atoms with Crippen molar-refractivity contribution >= 4 is 22.0 Å². The normalized spacial score (nSPS) is 25.9. The number of rotatable bonds is 11. The molecule has 0 spiro atoms. The van der Waals surface area contributed by atoms with Gasteiger partial charge >= 0.3 is 0 Å². The van der Waals surface area contributed by atoms with E-state index in [0.29, 0.717) is 6.04 Å². The largest absolute Gasteiger partial charge is 0.469 e. The lowest BCUT2D eigenvalue weighted by atomic mass is 9.91. The molecule has 2 saturated heterocycles. The van der Waals surface area contributed by atoms with Crippen molar-refractivity contribution in [2.24, 2.45) is 11.8 Å². The van der Waals surface area contributed by atoms with Gasteiger partial charge in [0.1, 0.15) is 23.6 Å². The highest BCUT2D eigenvalue weighted by Gasteiger charge is 2.39. The van der Waals surface area contributed by atoms with Crippen LogP contribution in [0.3, 0.4) is 0 Å². The molecule has 54 heavy (non-hydrogen) atoms. The second kappa shape index (κ2) is 14.7. The third kappa shape index (κ3) is 6.48. The van der Waals surface area contributed by atoms with Gasteiger partial charge in [0.05, 0.1) is 53.1 Å². The molecule has 12 nitrogen and oxygen atoms in total. The van der Waals surface area contributed by atoms with Crippen LogP contribution in [-0.2, 0) is 9.47 Å². The molecule has 7 atom stereocenters. The zero-order valence-corrected chi connectivity index (χ0v) is 31.3. The summed E-state index contributed by atoms with van der Waals surface area (Å²) in [5.41, 5.74) is 7.95. The summed E-state index contributed by atoms with van der Waals surface area (Å²) in [6.07, 6.45) is 19.5. The van der Waals surface area contributed by atoms with Gasteiger partial charge in [-0.3, -0.25) is 10.2 Å². The van der Waals surface area contributed by atoms with Crippen molar-refractivity contribution in [1.82, 2.24) is 40.0 Å². The smallest absolute Gasteiger partial charge is 0.213 e. The van der Waals surface area contributed by atoms with Gasteiger partial charge in [-0.1, -0.05) is 44.2 Å². The Bertz CT molecular complexity index is 2120. The predicted octanol–water partition coefficient (Wildman–Crippen LogP) is 6.42. The van der Waals surface area contributed by atoms with Gasteiger partial charge < -0.3 is 39.5 Å². The first-order valence-electron chi connectivity index (χ1n) is 19.7. The molecule has 284 valence electrons. The Hall–Kier alpha value is -4.30. The van der Waals surface area contributed by atoms with E-state index >= 15 is 0 Å². The molecule has 0 radical (unpaired) electrons. The summed E-state index contributed by atoms with van der Waals surface area (Å²) in [5.74, 6) is 3.05. The minimum atomic E-state index is -1.15. The van der Waals surface area contributed by atoms with Gasteiger partial charge in [-0.25, -0.2) is 9.97 Å². The third-order valence-corrected chi connectivity index (χ3v) is 12.1. The van der Waals surface area contributed by atoms with E-state index in [1.54, 1.807) is 0 Å². The number of nitrogens with zero attached hydrogens (tertiary/aromatic N) is 4. The molecule has 3 aliphatic heterocycles. The molecule has 4 aromatic rings. The molecule has 0 amide bonds. The van der Waals surface area contributed by atoms with Gasteiger partial charge in [0.2, 0.25) is 6.41 Å². The minimum Gasteiger partial charge on any atom is -0.469 e. The minimum absolute atomic E-state index is 0.0646. The van der Waals surface area contributed by atoms with Crippen LogP contribution in [0.15, 0.2) is 72.8 Å². The molecule has 12 heteroatoms. The highest BCUT2D eigenvalue weighted by molar-refractivity contribution is 5.91. The predicted molar refractivity (Wildman–Crippen MR) is 208 cm³/mol. The van der Waals surface area contributed by atoms with Crippen molar-refractivity contribution in [3.63, 3.8) is 0 Å². The lowest BCUT2D eigenvalue weighted by Gasteiger charge is -2.37. The van der Waals surface area contributed by atoms with Crippen molar-refractivity contribution in [2.75, 3.05) is 20.2 Å². The summed E-state index contributed by atoms with van der Waals surface area (Å²) < 4.78 is 14.5. The molecular weight excluding hydrogens is 681 g/mol. The van der Waals surface area contributed by atoms with E-state index in [1.165, 1.54) is 41.3 Å². The van der Waals surface area contributed by atoms with Crippen LogP contribution in [-0.4, -0.2) is 78.5 Å². The molecule has 2 aliphatic carbocycles. The van der Waals surface area contributed by atoms with E-state index in [4.69, 9.17) is 19.4 Å². The zero-order chi connectivity index (χ0) is 36.9. The number of H-pyrrole nitrogens is 2. The molecular formula is C42H52N8O4. The fraction of sp³-hybridized carbons (Fsp3) is 0.476. The summed E-state index contributed by atoms with van der Waals surface area (Å²) in [6, 6.07) is 8.93. The van der Waals surface area contributed by atoms with Crippen molar-refractivity contribution in [3.8, 4) is 11.3 Å². The second-order valence-corrected chi connectivity index (χ2v) is 15.8. The number of ether oxygens (including phenoxy) is 2. The van der Waals surface area contributed by atoms with Crippen LogP contribution >= 0.6 is 0 Å². The van der Waals surface area contributed by atoms with E-state index in [0.717, 1.165) is 86.0 Å². The Morgan fingerprint density at radius 1 is 1.00 bits per heavy atom. The van der Waals surface area contributed by atoms with E-state index in [-0.39, 0.29) is 30.1 Å². The van der Waals surface area contributed by atoms with Crippen LogP contribution < -0.4 is 10.6 Å². The van der Waals surface area contributed by atoms with Gasteiger partial charge in [-0.05, 0) is 87.3 Å².